The summed E-state index contributed by atoms with van der Waals surface area (Å²) in [6.07, 6.45) is 6.69. The average molecular weight is 470 g/mol. The van der Waals surface area contributed by atoms with Crippen LogP contribution in [0, 0.1) is 36.0 Å². The molecule has 7 heteroatoms. The molecular formula is C28H25F2N5. The molecule has 4 aromatic rings. The van der Waals surface area contributed by atoms with E-state index >= 15 is 0 Å². The van der Waals surface area contributed by atoms with Gasteiger partial charge in [-0.1, -0.05) is 31.2 Å². The molecule has 2 aromatic heterocycles. The number of nitrogens with one attached hydrogen (secondary N) is 2. The van der Waals surface area contributed by atoms with Crippen molar-refractivity contribution in [2.75, 3.05) is 5.32 Å². The molecule has 3 fully saturated rings. The molecule has 2 bridgehead atoms. The van der Waals surface area contributed by atoms with Crippen LogP contribution in [0.2, 0.25) is 0 Å². The lowest BCUT2D eigenvalue weighted by molar-refractivity contribution is 0.0928. The highest BCUT2D eigenvalue weighted by Gasteiger charge is 2.41. The van der Waals surface area contributed by atoms with Crippen LogP contribution in [0.25, 0.3) is 38.4 Å². The number of nitrogens with zero attached hydrogens (tertiary/aromatic N) is 3. The Morgan fingerprint density at radius 2 is 1.74 bits per heavy atom. The fraction of sp³-hybridized carbons (Fsp3) is 0.321. The van der Waals surface area contributed by atoms with Crippen LogP contribution in [-0.4, -0.2) is 21.0 Å². The van der Waals surface area contributed by atoms with E-state index in [1.807, 2.05) is 18.2 Å². The predicted molar refractivity (Wildman–Crippen MR) is 133 cm³/mol. The molecule has 3 aliphatic carbocycles. The number of rotatable bonds is 4. The van der Waals surface area contributed by atoms with Gasteiger partial charge in [0, 0.05) is 35.3 Å². The van der Waals surface area contributed by atoms with E-state index in [-0.39, 0.29) is 5.52 Å². The van der Waals surface area contributed by atoms with Crippen molar-refractivity contribution in [3.05, 3.63) is 71.7 Å². The standard InChI is InChI=1S/C28H25F2N5/c1-15-16-3-5-18(6-4-16)26(15)34-25-13-24(17-7-9-20(31-2)10-8-17)33-28(35-25)22-14-32-27-21(22)11-19(29)12-23(27)30/h7-16,18,26,32H,3-6H2,1H3,(H,33,34,35). The number of aromatic nitrogens is 3. The van der Waals surface area contributed by atoms with Crippen molar-refractivity contribution in [1.82, 2.24) is 15.0 Å². The number of anilines is 1. The van der Waals surface area contributed by atoms with E-state index < -0.39 is 11.6 Å². The van der Waals surface area contributed by atoms with Crippen molar-refractivity contribution in [3.63, 3.8) is 0 Å². The summed E-state index contributed by atoms with van der Waals surface area (Å²) in [7, 11) is 0. The van der Waals surface area contributed by atoms with E-state index in [1.54, 1.807) is 18.3 Å². The van der Waals surface area contributed by atoms with Crippen LogP contribution in [0.5, 0.6) is 0 Å². The van der Waals surface area contributed by atoms with Crippen molar-refractivity contribution in [2.45, 2.75) is 38.6 Å². The molecule has 2 atom stereocenters. The Hall–Kier alpha value is -3.79. The number of hydrogen-bond donors (Lipinski definition) is 2. The lowest BCUT2D eigenvalue weighted by Crippen LogP contribution is -2.47. The first-order valence-electron chi connectivity index (χ1n) is 12.1. The summed E-state index contributed by atoms with van der Waals surface area (Å²) in [6.45, 7) is 9.54. The molecule has 7 rings (SSSR count). The summed E-state index contributed by atoms with van der Waals surface area (Å²) >= 11 is 0. The van der Waals surface area contributed by atoms with E-state index in [4.69, 9.17) is 16.5 Å². The Morgan fingerprint density at radius 3 is 2.46 bits per heavy atom. The molecule has 2 unspecified atom stereocenters. The van der Waals surface area contributed by atoms with Crippen molar-refractivity contribution < 1.29 is 8.78 Å². The maximum atomic E-state index is 14.4. The van der Waals surface area contributed by atoms with Crippen molar-refractivity contribution >= 4 is 22.4 Å². The quantitative estimate of drug-likeness (QED) is 0.307. The number of hydrogen-bond acceptors (Lipinski definition) is 3. The Labute approximate surface area is 202 Å². The molecule has 3 aliphatic rings. The van der Waals surface area contributed by atoms with Crippen LogP contribution in [0.3, 0.4) is 0 Å². The molecule has 2 N–H and O–H groups in total. The molecule has 0 spiro atoms. The average Bonchev–Trinajstić information content (AvgIpc) is 3.30. The van der Waals surface area contributed by atoms with E-state index in [0.717, 1.165) is 17.5 Å². The van der Waals surface area contributed by atoms with Gasteiger partial charge in [0.25, 0.3) is 0 Å². The van der Waals surface area contributed by atoms with Crippen molar-refractivity contribution in [3.8, 4) is 22.6 Å². The molecule has 0 radical (unpaired) electrons. The van der Waals surface area contributed by atoms with Gasteiger partial charge in [0.15, 0.2) is 11.5 Å². The molecule has 0 saturated heterocycles. The summed E-state index contributed by atoms with van der Waals surface area (Å²) in [4.78, 5) is 16.0. The number of halogens is 2. The first-order chi connectivity index (χ1) is 17.0. The van der Waals surface area contributed by atoms with Crippen LogP contribution in [-0.2, 0) is 0 Å². The van der Waals surface area contributed by atoms with Gasteiger partial charge in [0.1, 0.15) is 17.5 Å². The van der Waals surface area contributed by atoms with E-state index in [2.05, 4.69) is 22.1 Å². The lowest BCUT2D eigenvalue weighted by Gasteiger charge is -2.47. The van der Waals surface area contributed by atoms with Gasteiger partial charge in [-0.05, 0) is 55.1 Å². The minimum absolute atomic E-state index is 0.226. The molecule has 2 heterocycles. The highest BCUT2D eigenvalue weighted by molar-refractivity contribution is 5.94. The third-order valence-corrected chi connectivity index (χ3v) is 7.91. The maximum Gasteiger partial charge on any atom is 0.187 e. The van der Waals surface area contributed by atoms with Crippen molar-refractivity contribution in [2.24, 2.45) is 17.8 Å². The second-order valence-corrected chi connectivity index (χ2v) is 9.84. The summed E-state index contributed by atoms with van der Waals surface area (Å²) in [5.74, 6) is 1.71. The summed E-state index contributed by atoms with van der Waals surface area (Å²) in [5.41, 5.74) is 2.85. The van der Waals surface area contributed by atoms with Gasteiger partial charge < -0.3 is 10.3 Å². The van der Waals surface area contributed by atoms with Gasteiger partial charge >= 0.3 is 0 Å². The molecule has 0 amide bonds. The normalized spacial score (nSPS) is 23.4. The van der Waals surface area contributed by atoms with Crippen LogP contribution in [0.4, 0.5) is 20.3 Å². The van der Waals surface area contributed by atoms with Gasteiger partial charge in [-0.15, -0.1) is 0 Å². The molecule has 0 aliphatic heterocycles. The van der Waals surface area contributed by atoms with Gasteiger partial charge in [-0.3, -0.25) is 0 Å². The molecular weight excluding hydrogens is 444 g/mol. The molecule has 3 saturated carbocycles. The second-order valence-electron chi connectivity index (χ2n) is 9.84. The second kappa shape index (κ2) is 8.46. The third-order valence-electron chi connectivity index (χ3n) is 7.91. The molecule has 35 heavy (non-hydrogen) atoms. The van der Waals surface area contributed by atoms with Crippen LogP contribution in [0.15, 0.2) is 48.7 Å². The number of benzene rings is 2. The molecule has 5 nitrogen and oxygen atoms in total. The van der Waals surface area contributed by atoms with Gasteiger partial charge in [0.05, 0.1) is 17.8 Å². The number of aromatic amines is 1. The lowest BCUT2D eigenvalue weighted by atomic mass is 9.62. The van der Waals surface area contributed by atoms with Gasteiger partial charge in [-0.2, -0.15) is 0 Å². The first-order valence-corrected chi connectivity index (χ1v) is 12.1. The van der Waals surface area contributed by atoms with E-state index in [1.165, 1.54) is 31.7 Å². The highest BCUT2D eigenvalue weighted by atomic mass is 19.1. The topological polar surface area (TPSA) is 58.0 Å². The van der Waals surface area contributed by atoms with Gasteiger partial charge in [-0.25, -0.2) is 23.6 Å². The third kappa shape index (κ3) is 3.83. The van der Waals surface area contributed by atoms with Crippen LogP contribution in [0.1, 0.15) is 32.6 Å². The Bertz CT molecular complexity index is 1440. The molecule has 176 valence electrons. The highest BCUT2D eigenvalue weighted by Crippen LogP contribution is 2.46. The predicted octanol–water partition coefficient (Wildman–Crippen LogP) is 7.36. The van der Waals surface area contributed by atoms with Crippen LogP contribution >= 0.6 is 0 Å². The number of H-pyrrole nitrogens is 1. The maximum absolute atomic E-state index is 14.4. The summed E-state index contributed by atoms with van der Waals surface area (Å²) in [5, 5.41) is 4.11. The van der Waals surface area contributed by atoms with Gasteiger partial charge in [0.2, 0.25) is 0 Å². The minimum atomic E-state index is -0.650. The Balaban J connectivity index is 1.46. The van der Waals surface area contributed by atoms with Crippen molar-refractivity contribution in [1.29, 1.82) is 0 Å². The Morgan fingerprint density at radius 1 is 1.00 bits per heavy atom. The summed E-state index contributed by atoms with van der Waals surface area (Å²) in [6, 6.07) is 11.7. The zero-order chi connectivity index (χ0) is 24.1. The molecule has 2 aromatic carbocycles. The summed E-state index contributed by atoms with van der Waals surface area (Å²) < 4.78 is 28.4. The monoisotopic (exact) mass is 469 g/mol. The largest absolute Gasteiger partial charge is 0.367 e. The fourth-order valence-electron chi connectivity index (χ4n) is 6.01. The SMILES string of the molecule is [C-]#[N+]c1ccc(-c2cc(NC3C4CCC(CC4)C3C)nc(-c3c[nH]c4c(F)cc(F)cc34)n2)cc1. The zero-order valence-electron chi connectivity index (χ0n) is 19.4. The van der Waals surface area contributed by atoms with Crippen LogP contribution < -0.4 is 5.32 Å². The number of fused-ring (bicyclic) bond motifs is 4. The Kier molecular flexibility index (Phi) is 5.25. The zero-order valence-corrected chi connectivity index (χ0v) is 19.4. The minimum Gasteiger partial charge on any atom is -0.367 e. The first kappa shape index (κ1) is 21.7. The smallest absolute Gasteiger partial charge is 0.187 e. The van der Waals surface area contributed by atoms with E-state index in [9.17, 15) is 8.78 Å². The van der Waals surface area contributed by atoms with E-state index in [0.29, 0.717) is 51.9 Å². The fourth-order valence-corrected chi connectivity index (χ4v) is 6.01.